The molecular weight excluding hydrogens is 239 g/mol. The summed E-state index contributed by atoms with van der Waals surface area (Å²) >= 11 is 1.97. The van der Waals surface area contributed by atoms with Crippen LogP contribution in [0.2, 0.25) is 0 Å². The zero-order valence-electron chi connectivity index (χ0n) is 5.61. The highest BCUT2D eigenvalue weighted by atomic mass is 127. The van der Waals surface area contributed by atoms with E-state index in [0.717, 1.165) is 0 Å². The Hall–Kier alpha value is -0.680. The molecule has 0 amide bonds. The van der Waals surface area contributed by atoms with E-state index < -0.39 is 0 Å². The largest absolute Gasteiger partial charge is 0.379 e. The molecule has 0 rings (SSSR count). The number of rotatable bonds is 2. The molecule has 2 nitrogen and oxygen atoms in total. The highest BCUT2D eigenvalue weighted by Gasteiger charge is 1.78. The third-order valence-electron chi connectivity index (χ3n) is 0.752. The molecule has 0 aliphatic carbocycles. The van der Waals surface area contributed by atoms with E-state index in [4.69, 9.17) is 5.26 Å². The van der Waals surface area contributed by atoms with Gasteiger partial charge in [-0.05, 0) is 10.9 Å². The van der Waals surface area contributed by atoms with Crippen LogP contribution in [0.3, 0.4) is 0 Å². The van der Waals surface area contributed by atoms with Crippen molar-refractivity contribution >= 4 is 22.6 Å². The fourth-order valence-electron chi connectivity index (χ4n) is 0.321. The summed E-state index contributed by atoms with van der Waals surface area (Å²) in [4.78, 5) is 0. The van der Waals surface area contributed by atoms with E-state index in [-0.39, 0.29) is 0 Å². The van der Waals surface area contributed by atoms with Crippen molar-refractivity contribution < 1.29 is 0 Å². The summed E-state index contributed by atoms with van der Waals surface area (Å²) in [6.45, 7) is 2.34. The van der Waals surface area contributed by atoms with Crippen molar-refractivity contribution in [3.05, 3.63) is 11.8 Å². The van der Waals surface area contributed by atoms with Crippen molar-refractivity contribution in [2.24, 2.45) is 0 Å². The second-order valence-corrected chi connectivity index (χ2v) is 2.13. The average Bonchev–Trinajstić information content (AvgIpc) is 1.98. The van der Waals surface area contributed by atoms with Gasteiger partial charge in [0.15, 0.2) is 0 Å². The summed E-state index contributed by atoms with van der Waals surface area (Å²) in [6.07, 6.45) is 1.65. The van der Waals surface area contributed by atoms with Crippen LogP contribution in [0.4, 0.5) is 0 Å². The zero-order valence-corrected chi connectivity index (χ0v) is 7.77. The van der Waals surface area contributed by atoms with E-state index >= 15 is 0 Å². The van der Waals surface area contributed by atoms with Crippen LogP contribution in [0.25, 0.3) is 0 Å². The predicted octanol–water partition coefficient (Wildman–Crippen LogP) is 1.40. The molecule has 0 heterocycles. The number of nitrogens with zero attached hydrogens (tertiary/aromatic N) is 1. The molecule has 0 aliphatic rings. The van der Waals surface area contributed by atoms with Crippen molar-refractivity contribution in [1.82, 2.24) is 5.32 Å². The Labute approximate surface area is 74.4 Å². The molecule has 0 unspecified atom stereocenters. The molecular formula is C7H7IN2. The smallest absolute Gasteiger partial charge is 0.0959 e. The molecule has 0 saturated carbocycles. The molecule has 1 N–H and O–H groups in total. The van der Waals surface area contributed by atoms with Gasteiger partial charge in [-0.15, -0.1) is 0 Å². The molecule has 52 valence electrons. The molecule has 10 heavy (non-hydrogen) atoms. The molecule has 0 atom stereocenters. The summed E-state index contributed by atoms with van der Waals surface area (Å²) < 4.78 is 2.70. The summed E-state index contributed by atoms with van der Waals surface area (Å²) in [5.74, 6) is 2.80. The van der Waals surface area contributed by atoms with Gasteiger partial charge in [0.25, 0.3) is 0 Å². The van der Waals surface area contributed by atoms with Gasteiger partial charge < -0.3 is 5.32 Å². The monoisotopic (exact) mass is 246 g/mol. The zero-order chi connectivity index (χ0) is 7.82. The Bertz CT molecular complexity index is 214. The molecule has 0 spiro atoms. The van der Waals surface area contributed by atoms with E-state index in [1.807, 2.05) is 28.7 Å². The molecule has 0 aliphatic heterocycles. The van der Waals surface area contributed by atoms with Crippen LogP contribution in [0.5, 0.6) is 0 Å². The van der Waals surface area contributed by atoms with Crippen LogP contribution in [0, 0.1) is 21.2 Å². The van der Waals surface area contributed by atoms with Crippen LogP contribution in [-0.4, -0.2) is 6.54 Å². The van der Waals surface area contributed by atoms with Crippen LogP contribution in [0.1, 0.15) is 6.92 Å². The Kier molecular flexibility index (Phi) is 6.00. The van der Waals surface area contributed by atoms with Gasteiger partial charge >= 0.3 is 0 Å². The molecule has 0 aromatic heterocycles. The summed E-state index contributed by atoms with van der Waals surface area (Å²) in [6, 6.07) is 1.99. The lowest BCUT2D eigenvalue weighted by molar-refractivity contribution is 0.997. The van der Waals surface area contributed by atoms with Crippen molar-refractivity contribution in [1.29, 1.82) is 5.26 Å². The molecule has 3 heteroatoms. The molecule has 0 aromatic rings. The minimum Gasteiger partial charge on any atom is -0.379 e. The number of nitrogens with one attached hydrogen (secondary N) is 1. The fraction of sp³-hybridized carbons (Fsp3) is 0.286. The minimum atomic E-state index is 0.599. The van der Waals surface area contributed by atoms with E-state index in [0.29, 0.717) is 12.1 Å². The third kappa shape index (κ3) is 5.46. The number of allylic oxidation sites excluding steroid dienone is 1. The average molecular weight is 246 g/mol. The maximum Gasteiger partial charge on any atom is 0.0959 e. The molecule has 0 fully saturated rings. The first-order valence-corrected chi connectivity index (χ1v) is 3.78. The van der Waals surface area contributed by atoms with E-state index in [1.54, 1.807) is 13.1 Å². The Balaban J connectivity index is 3.52. The highest BCUT2D eigenvalue weighted by molar-refractivity contribution is 14.1. The molecule has 0 aromatic carbocycles. The number of hydrogen-bond acceptors (Lipinski definition) is 2. The van der Waals surface area contributed by atoms with Gasteiger partial charge in [0.2, 0.25) is 0 Å². The van der Waals surface area contributed by atoms with Crippen molar-refractivity contribution in [2.75, 3.05) is 6.54 Å². The van der Waals surface area contributed by atoms with E-state index in [9.17, 15) is 0 Å². The standard InChI is InChI=1S/C7H7IN2/c1-7(5-9)6-10-4-2-3-8/h6,10H,4H2,1H3/b7-6-. The van der Waals surface area contributed by atoms with Crippen LogP contribution in [0.15, 0.2) is 11.8 Å². The number of nitriles is 1. The van der Waals surface area contributed by atoms with Crippen LogP contribution >= 0.6 is 22.6 Å². The van der Waals surface area contributed by atoms with E-state index in [1.165, 1.54) is 0 Å². The summed E-state index contributed by atoms with van der Waals surface area (Å²) in [7, 11) is 0. The van der Waals surface area contributed by atoms with Crippen molar-refractivity contribution in [3.8, 4) is 15.9 Å². The van der Waals surface area contributed by atoms with Gasteiger partial charge in [0.1, 0.15) is 0 Å². The maximum atomic E-state index is 8.30. The quantitative estimate of drug-likeness (QED) is 0.346. The number of halogens is 1. The normalized spacial score (nSPS) is 9.10. The summed E-state index contributed by atoms with van der Waals surface area (Å²) in [5.41, 5.74) is 0.662. The lowest BCUT2D eigenvalue weighted by atomic mass is 10.4. The van der Waals surface area contributed by atoms with Crippen molar-refractivity contribution in [2.45, 2.75) is 6.92 Å². The second kappa shape index (κ2) is 6.44. The van der Waals surface area contributed by atoms with Gasteiger partial charge in [0, 0.05) is 34.4 Å². The van der Waals surface area contributed by atoms with Gasteiger partial charge in [-0.25, -0.2) is 0 Å². The first-order chi connectivity index (χ1) is 4.81. The third-order valence-corrected chi connectivity index (χ3v) is 1.13. The fourth-order valence-corrected chi connectivity index (χ4v) is 0.512. The highest BCUT2D eigenvalue weighted by Crippen LogP contribution is 1.82. The predicted molar refractivity (Wildman–Crippen MR) is 49.2 cm³/mol. The maximum absolute atomic E-state index is 8.30. The topological polar surface area (TPSA) is 35.8 Å². The second-order valence-electron chi connectivity index (χ2n) is 1.59. The van der Waals surface area contributed by atoms with Gasteiger partial charge in [0.05, 0.1) is 12.6 Å². The van der Waals surface area contributed by atoms with Crippen molar-refractivity contribution in [3.63, 3.8) is 0 Å². The Morgan fingerprint density at radius 2 is 2.50 bits per heavy atom. The van der Waals surface area contributed by atoms with Crippen LogP contribution in [-0.2, 0) is 0 Å². The van der Waals surface area contributed by atoms with Gasteiger partial charge in [-0.2, -0.15) is 5.26 Å². The molecule has 0 radical (unpaired) electrons. The Morgan fingerprint density at radius 3 is 3.00 bits per heavy atom. The minimum absolute atomic E-state index is 0.599. The van der Waals surface area contributed by atoms with Gasteiger partial charge in [-0.1, -0.05) is 5.92 Å². The number of hydrogen-bond donors (Lipinski definition) is 1. The van der Waals surface area contributed by atoms with E-state index in [2.05, 4.69) is 15.2 Å². The first kappa shape index (κ1) is 9.32. The summed E-state index contributed by atoms with van der Waals surface area (Å²) in [5, 5.41) is 11.2. The molecule has 0 saturated heterocycles. The van der Waals surface area contributed by atoms with Crippen LogP contribution < -0.4 is 5.32 Å². The Morgan fingerprint density at radius 1 is 1.80 bits per heavy atom. The van der Waals surface area contributed by atoms with Gasteiger partial charge in [-0.3, -0.25) is 0 Å². The lowest BCUT2D eigenvalue weighted by Gasteiger charge is -1.89. The SMILES string of the molecule is C/C(C#N)=C/NCC#CI. The first-order valence-electron chi connectivity index (χ1n) is 2.70. The lowest BCUT2D eigenvalue weighted by Crippen LogP contribution is -2.04. The molecule has 0 bridgehead atoms.